The van der Waals surface area contributed by atoms with Gasteiger partial charge in [0.25, 0.3) is 0 Å². The standard InChI is InChI=1S/C17H20FN3O2/c1-2-21-7-6-14(19-21)9-20-10-15(16(11-20)17(22)23)12-4-3-5-13(18)8-12/h3-8,15-16H,2,9-11H2,1H3,(H,22,23)/t15-,16+/m1/s1. The molecule has 23 heavy (non-hydrogen) atoms. The largest absolute Gasteiger partial charge is 0.481 e. The summed E-state index contributed by atoms with van der Waals surface area (Å²) in [7, 11) is 0. The zero-order valence-electron chi connectivity index (χ0n) is 13.0. The molecule has 1 aromatic carbocycles. The molecule has 1 aliphatic rings. The Labute approximate surface area is 134 Å². The summed E-state index contributed by atoms with van der Waals surface area (Å²) in [4.78, 5) is 13.7. The molecule has 1 N–H and O–H groups in total. The molecule has 5 nitrogen and oxygen atoms in total. The molecule has 2 aromatic rings. The van der Waals surface area contributed by atoms with E-state index in [9.17, 15) is 14.3 Å². The van der Waals surface area contributed by atoms with E-state index in [-0.39, 0.29) is 11.7 Å². The Kier molecular flexibility index (Phi) is 4.43. The lowest BCUT2D eigenvalue weighted by atomic mass is 9.89. The molecule has 2 heterocycles. The minimum atomic E-state index is -0.833. The summed E-state index contributed by atoms with van der Waals surface area (Å²) in [6, 6.07) is 8.21. The summed E-state index contributed by atoms with van der Waals surface area (Å²) in [5.74, 6) is -1.88. The Morgan fingerprint density at radius 1 is 1.39 bits per heavy atom. The van der Waals surface area contributed by atoms with Crippen molar-refractivity contribution >= 4 is 5.97 Å². The second kappa shape index (κ2) is 6.50. The fourth-order valence-corrected chi connectivity index (χ4v) is 3.23. The molecule has 6 heteroatoms. The Bertz CT molecular complexity index is 701. The third-order valence-electron chi connectivity index (χ3n) is 4.40. The average Bonchev–Trinajstić information content (AvgIpc) is 3.14. The van der Waals surface area contributed by atoms with E-state index in [2.05, 4.69) is 10.00 Å². The van der Waals surface area contributed by atoms with Crippen molar-refractivity contribution in [1.29, 1.82) is 0 Å². The number of benzene rings is 1. The third-order valence-corrected chi connectivity index (χ3v) is 4.40. The molecule has 0 amide bonds. The van der Waals surface area contributed by atoms with Crippen LogP contribution in [-0.4, -0.2) is 38.8 Å². The maximum Gasteiger partial charge on any atom is 0.308 e. The van der Waals surface area contributed by atoms with Gasteiger partial charge in [0.05, 0.1) is 11.6 Å². The van der Waals surface area contributed by atoms with Gasteiger partial charge in [-0.3, -0.25) is 14.4 Å². The van der Waals surface area contributed by atoms with Crippen molar-refractivity contribution < 1.29 is 14.3 Å². The van der Waals surface area contributed by atoms with Gasteiger partial charge in [0.1, 0.15) is 5.82 Å². The van der Waals surface area contributed by atoms with Crippen LogP contribution in [0.25, 0.3) is 0 Å². The summed E-state index contributed by atoms with van der Waals surface area (Å²) in [5, 5.41) is 13.9. The molecular weight excluding hydrogens is 297 g/mol. The first-order valence-electron chi connectivity index (χ1n) is 7.79. The van der Waals surface area contributed by atoms with Crippen LogP contribution in [0.5, 0.6) is 0 Å². The molecule has 0 unspecified atom stereocenters. The van der Waals surface area contributed by atoms with Crippen LogP contribution < -0.4 is 0 Å². The number of aromatic nitrogens is 2. The predicted molar refractivity (Wildman–Crippen MR) is 83.4 cm³/mol. The van der Waals surface area contributed by atoms with Crippen LogP contribution in [0.15, 0.2) is 36.5 Å². The lowest BCUT2D eigenvalue weighted by Gasteiger charge is -2.15. The number of nitrogens with zero attached hydrogens (tertiary/aromatic N) is 3. The van der Waals surface area contributed by atoms with Crippen LogP contribution >= 0.6 is 0 Å². The van der Waals surface area contributed by atoms with Crippen molar-refractivity contribution in [2.75, 3.05) is 13.1 Å². The van der Waals surface area contributed by atoms with E-state index < -0.39 is 11.9 Å². The van der Waals surface area contributed by atoms with Crippen LogP contribution in [0, 0.1) is 11.7 Å². The Morgan fingerprint density at radius 3 is 2.87 bits per heavy atom. The first kappa shape index (κ1) is 15.7. The maximum absolute atomic E-state index is 13.5. The van der Waals surface area contributed by atoms with E-state index in [1.54, 1.807) is 12.1 Å². The highest BCUT2D eigenvalue weighted by atomic mass is 19.1. The molecule has 122 valence electrons. The number of carbonyl (C=O) groups is 1. The highest BCUT2D eigenvalue weighted by Gasteiger charge is 2.38. The number of aryl methyl sites for hydroxylation is 1. The van der Waals surface area contributed by atoms with Gasteiger partial charge in [0, 0.05) is 38.3 Å². The normalized spacial score (nSPS) is 21.7. The van der Waals surface area contributed by atoms with Gasteiger partial charge >= 0.3 is 5.97 Å². The summed E-state index contributed by atoms with van der Waals surface area (Å²) in [6.45, 7) is 4.49. The molecule has 1 aliphatic heterocycles. The van der Waals surface area contributed by atoms with E-state index in [0.717, 1.165) is 17.8 Å². The molecule has 2 atom stereocenters. The smallest absolute Gasteiger partial charge is 0.308 e. The first-order chi connectivity index (χ1) is 11.1. The highest BCUT2D eigenvalue weighted by molar-refractivity contribution is 5.72. The van der Waals surface area contributed by atoms with E-state index >= 15 is 0 Å². The van der Waals surface area contributed by atoms with Crippen LogP contribution in [0.2, 0.25) is 0 Å². The number of carboxylic acids is 1. The molecule has 0 bridgehead atoms. The number of halogens is 1. The molecule has 1 saturated heterocycles. The van der Waals surface area contributed by atoms with Crippen LogP contribution in [0.4, 0.5) is 4.39 Å². The van der Waals surface area contributed by atoms with E-state index in [4.69, 9.17) is 0 Å². The molecule has 0 radical (unpaired) electrons. The Balaban J connectivity index is 1.76. The molecule has 0 spiro atoms. The third kappa shape index (κ3) is 3.42. The maximum atomic E-state index is 13.5. The summed E-state index contributed by atoms with van der Waals surface area (Å²) >= 11 is 0. The average molecular weight is 317 g/mol. The van der Waals surface area contributed by atoms with Gasteiger partial charge in [-0.2, -0.15) is 5.10 Å². The highest BCUT2D eigenvalue weighted by Crippen LogP contribution is 2.33. The molecular formula is C17H20FN3O2. The van der Waals surface area contributed by atoms with E-state index in [0.29, 0.717) is 19.6 Å². The molecule has 1 fully saturated rings. The molecule has 3 rings (SSSR count). The van der Waals surface area contributed by atoms with Crippen LogP contribution in [0.3, 0.4) is 0 Å². The fourth-order valence-electron chi connectivity index (χ4n) is 3.23. The van der Waals surface area contributed by atoms with E-state index in [1.807, 2.05) is 23.9 Å². The van der Waals surface area contributed by atoms with Gasteiger partial charge in [-0.1, -0.05) is 12.1 Å². The van der Waals surface area contributed by atoms with Gasteiger partial charge in [0.2, 0.25) is 0 Å². The second-order valence-electron chi connectivity index (χ2n) is 5.96. The Hall–Kier alpha value is -2.21. The van der Waals surface area contributed by atoms with Crippen molar-refractivity contribution in [2.45, 2.75) is 25.9 Å². The SMILES string of the molecule is CCn1ccc(CN2C[C@H](C(=O)O)[C@@H](c3cccc(F)c3)C2)n1. The van der Waals surface area contributed by atoms with Gasteiger partial charge in [-0.25, -0.2) is 4.39 Å². The zero-order valence-corrected chi connectivity index (χ0v) is 13.0. The first-order valence-corrected chi connectivity index (χ1v) is 7.79. The van der Waals surface area contributed by atoms with Gasteiger partial charge in [-0.15, -0.1) is 0 Å². The van der Waals surface area contributed by atoms with Gasteiger partial charge in [0.15, 0.2) is 0 Å². The monoisotopic (exact) mass is 317 g/mol. The molecule has 1 aromatic heterocycles. The second-order valence-corrected chi connectivity index (χ2v) is 5.96. The Morgan fingerprint density at radius 2 is 2.22 bits per heavy atom. The molecule has 0 saturated carbocycles. The minimum absolute atomic E-state index is 0.198. The lowest BCUT2D eigenvalue weighted by molar-refractivity contribution is -0.141. The number of hydrogen-bond donors (Lipinski definition) is 1. The van der Waals surface area contributed by atoms with Crippen molar-refractivity contribution in [1.82, 2.24) is 14.7 Å². The van der Waals surface area contributed by atoms with Gasteiger partial charge in [-0.05, 0) is 30.7 Å². The van der Waals surface area contributed by atoms with E-state index in [1.165, 1.54) is 12.1 Å². The molecule has 0 aliphatic carbocycles. The topological polar surface area (TPSA) is 58.4 Å². The quantitative estimate of drug-likeness (QED) is 0.919. The van der Waals surface area contributed by atoms with Crippen LogP contribution in [0.1, 0.15) is 24.1 Å². The number of carboxylic acid groups (broad SMARTS) is 1. The van der Waals surface area contributed by atoms with Gasteiger partial charge < -0.3 is 5.11 Å². The summed E-state index contributed by atoms with van der Waals surface area (Å²) in [6.07, 6.45) is 1.92. The van der Waals surface area contributed by atoms with Crippen molar-refractivity contribution in [3.63, 3.8) is 0 Å². The number of likely N-dealkylation sites (tertiary alicyclic amines) is 1. The lowest BCUT2D eigenvalue weighted by Crippen LogP contribution is -2.23. The summed E-state index contributed by atoms with van der Waals surface area (Å²) < 4.78 is 15.3. The summed E-state index contributed by atoms with van der Waals surface area (Å²) in [5.41, 5.74) is 1.68. The van der Waals surface area contributed by atoms with Crippen molar-refractivity contribution in [2.24, 2.45) is 5.92 Å². The van der Waals surface area contributed by atoms with Crippen molar-refractivity contribution in [3.8, 4) is 0 Å². The number of hydrogen-bond acceptors (Lipinski definition) is 3. The zero-order chi connectivity index (χ0) is 16.4. The number of rotatable bonds is 5. The van der Waals surface area contributed by atoms with Crippen LogP contribution in [-0.2, 0) is 17.9 Å². The predicted octanol–water partition coefficient (Wildman–Crippen LogP) is 2.34. The van der Waals surface area contributed by atoms with Crippen molar-refractivity contribution in [3.05, 3.63) is 53.6 Å². The minimum Gasteiger partial charge on any atom is -0.481 e. The number of aliphatic carboxylic acids is 1. The fraction of sp³-hybridized carbons (Fsp3) is 0.412.